The van der Waals surface area contributed by atoms with Gasteiger partial charge in [0, 0.05) is 17.7 Å². The molecule has 26 heavy (non-hydrogen) atoms. The fraction of sp³-hybridized carbons (Fsp3) is 0.300. The molecule has 0 aliphatic carbocycles. The van der Waals surface area contributed by atoms with Gasteiger partial charge in [-0.2, -0.15) is 0 Å². The highest BCUT2D eigenvalue weighted by molar-refractivity contribution is 5.92. The van der Waals surface area contributed by atoms with E-state index in [1.165, 1.54) is 0 Å². The molecule has 6 nitrogen and oxygen atoms in total. The first-order valence-corrected chi connectivity index (χ1v) is 8.36. The highest BCUT2D eigenvalue weighted by Crippen LogP contribution is 2.21. The van der Waals surface area contributed by atoms with Gasteiger partial charge in [0.1, 0.15) is 11.5 Å². The first-order chi connectivity index (χ1) is 12.5. The molecule has 0 aliphatic heterocycles. The number of carboxylic acids is 1. The number of amides is 1. The first kappa shape index (κ1) is 19.3. The predicted octanol–water partition coefficient (Wildman–Crippen LogP) is 3.43. The van der Waals surface area contributed by atoms with Crippen molar-refractivity contribution in [1.82, 2.24) is 0 Å². The van der Waals surface area contributed by atoms with E-state index in [-0.39, 0.29) is 18.7 Å². The van der Waals surface area contributed by atoms with Crippen LogP contribution in [-0.2, 0) is 16.0 Å². The second kappa shape index (κ2) is 9.46. The molecule has 0 spiro atoms. The van der Waals surface area contributed by atoms with Crippen LogP contribution in [0.1, 0.15) is 24.0 Å². The van der Waals surface area contributed by atoms with E-state index in [4.69, 9.17) is 14.6 Å². The number of benzene rings is 2. The number of carbonyl (C=O) groups excluding carboxylic acids is 1. The summed E-state index contributed by atoms with van der Waals surface area (Å²) in [5, 5.41) is 11.4. The van der Waals surface area contributed by atoms with Crippen molar-refractivity contribution in [1.29, 1.82) is 0 Å². The van der Waals surface area contributed by atoms with E-state index >= 15 is 0 Å². The molecule has 0 saturated heterocycles. The maximum atomic E-state index is 12.3. The van der Waals surface area contributed by atoms with E-state index in [1.807, 2.05) is 25.1 Å². The molecule has 138 valence electrons. The molecule has 0 bridgehead atoms. The number of carbonyl (C=O) groups is 2. The Kier molecular flexibility index (Phi) is 7.02. The normalized spacial score (nSPS) is 10.2. The molecule has 0 fully saturated rings. The van der Waals surface area contributed by atoms with E-state index in [0.717, 1.165) is 11.1 Å². The van der Waals surface area contributed by atoms with Gasteiger partial charge in [-0.1, -0.05) is 17.7 Å². The summed E-state index contributed by atoms with van der Waals surface area (Å²) >= 11 is 0. The first-order valence-electron chi connectivity index (χ1n) is 8.36. The van der Waals surface area contributed by atoms with E-state index < -0.39 is 5.97 Å². The lowest BCUT2D eigenvalue weighted by Crippen LogP contribution is -2.15. The number of anilines is 1. The van der Waals surface area contributed by atoms with Crippen molar-refractivity contribution < 1.29 is 24.2 Å². The van der Waals surface area contributed by atoms with Gasteiger partial charge in [0.15, 0.2) is 0 Å². The number of aliphatic carboxylic acids is 1. The lowest BCUT2D eigenvalue weighted by molar-refractivity contribution is -0.137. The number of hydrogen-bond acceptors (Lipinski definition) is 4. The van der Waals surface area contributed by atoms with Gasteiger partial charge in [0.25, 0.3) is 0 Å². The van der Waals surface area contributed by atoms with Crippen LogP contribution in [0.4, 0.5) is 5.69 Å². The van der Waals surface area contributed by atoms with Gasteiger partial charge < -0.3 is 19.9 Å². The molecule has 0 aliphatic rings. The number of methoxy groups -OCH3 is 1. The summed E-state index contributed by atoms with van der Waals surface area (Å²) in [6, 6.07) is 12.7. The average molecular weight is 357 g/mol. The largest absolute Gasteiger partial charge is 0.496 e. The van der Waals surface area contributed by atoms with Gasteiger partial charge in [-0.05, 0) is 43.7 Å². The van der Waals surface area contributed by atoms with Crippen LogP contribution < -0.4 is 14.8 Å². The zero-order valence-corrected chi connectivity index (χ0v) is 15.0. The van der Waals surface area contributed by atoms with Crippen molar-refractivity contribution in [3.63, 3.8) is 0 Å². The Morgan fingerprint density at radius 1 is 1.12 bits per heavy atom. The van der Waals surface area contributed by atoms with Crippen LogP contribution in [0.15, 0.2) is 42.5 Å². The maximum Gasteiger partial charge on any atom is 0.303 e. The predicted molar refractivity (Wildman–Crippen MR) is 98.9 cm³/mol. The molecule has 0 heterocycles. The second-order valence-corrected chi connectivity index (χ2v) is 5.91. The van der Waals surface area contributed by atoms with E-state index in [1.54, 1.807) is 31.4 Å². The average Bonchev–Trinajstić information content (AvgIpc) is 2.60. The lowest BCUT2D eigenvalue weighted by Gasteiger charge is -2.11. The molecule has 2 N–H and O–H groups in total. The Labute approximate surface area is 152 Å². The molecule has 6 heteroatoms. The number of ether oxygens (including phenoxy) is 2. The van der Waals surface area contributed by atoms with E-state index in [9.17, 15) is 9.59 Å². The van der Waals surface area contributed by atoms with Crippen molar-refractivity contribution in [3.8, 4) is 11.5 Å². The number of aryl methyl sites for hydroxylation is 1. The summed E-state index contributed by atoms with van der Waals surface area (Å²) in [5.41, 5.74) is 2.57. The van der Waals surface area contributed by atoms with E-state index in [2.05, 4.69) is 5.32 Å². The van der Waals surface area contributed by atoms with Crippen LogP contribution in [0.25, 0.3) is 0 Å². The zero-order chi connectivity index (χ0) is 18.9. The van der Waals surface area contributed by atoms with Crippen molar-refractivity contribution in [2.75, 3.05) is 19.0 Å². The fourth-order valence-corrected chi connectivity index (χ4v) is 2.47. The van der Waals surface area contributed by atoms with Crippen LogP contribution in [0, 0.1) is 6.92 Å². The van der Waals surface area contributed by atoms with Crippen LogP contribution >= 0.6 is 0 Å². The molecule has 0 unspecified atom stereocenters. The lowest BCUT2D eigenvalue weighted by atomic mass is 10.1. The standard InChI is InChI=1S/C20H23NO5/c1-14-5-10-18(25-2)15(12-14)13-19(22)21-16-6-8-17(9-7-16)26-11-3-4-20(23)24/h5-10,12H,3-4,11,13H2,1-2H3,(H,21,22)(H,23,24). The van der Waals surface area contributed by atoms with Crippen molar-refractivity contribution in [2.24, 2.45) is 0 Å². The third-order valence-corrected chi connectivity index (χ3v) is 3.73. The fourth-order valence-electron chi connectivity index (χ4n) is 2.47. The van der Waals surface area contributed by atoms with Crippen LogP contribution in [-0.4, -0.2) is 30.7 Å². The smallest absolute Gasteiger partial charge is 0.303 e. The molecule has 1 amide bonds. The quantitative estimate of drug-likeness (QED) is 0.672. The van der Waals surface area contributed by atoms with E-state index in [0.29, 0.717) is 30.2 Å². The third kappa shape index (κ3) is 6.12. The number of hydrogen-bond donors (Lipinski definition) is 2. The van der Waals surface area contributed by atoms with Crippen molar-refractivity contribution >= 4 is 17.6 Å². The van der Waals surface area contributed by atoms with Gasteiger partial charge in [0.2, 0.25) is 5.91 Å². The minimum absolute atomic E-state index is 0.0799. The Balaban J connectivity index is 1.87. The van der Waals surface area contributed by atoms with Gasteiger partial charge in [-0.3, -0.25) is 9.59 Å². The van der Waals surface area contributed by atoms with Crippen molar-refractivity contribution in [2.45, 2.75) is 26.2 Å². The summed E-state index contributed by atoms with van der Waals surface area (Å²) in [6.45, 7) is 2.31. The molecule has 2 rings (SSSR count). The van der Waals surface area contributed by atoms with Crippen LogP contribution in [0.5, 0.6) is 11.5 Å². The highest BCUT2D eigenvalue weighted by atomic mass is 16.5. The van der Waals surface area contributed by atoms with Crippen molar-refractivity contribution in [3.05, 3.63) is 53.6 Å². The summed E-state index contributed by atoms with van der Waals surface area (Å²) in [5.74, 6) is 0.352. The SMILES string of the molecule is COc1ccc(C)cc1CC(=O)Nc1ccc(OCCCC(=O)O)cc1. The van der Waals surface area contributed by atoms with Crippen LogP contribution in [0.3, 0.4) is 0 Å². The Morgan fingerprint density at radius 2 is 1.85 bits per heavy atom. The minimum Gasteiger partial charge on any atom is -0.496 e. The molecule has 2 aromatic carbocycles. The third-order valence-electron chi connectivity index (χ3n) is 3.73. The molecular formula is C20H23NO5. The monoisotopic (exact) mass is 357 g/mol. The molecule has 0 aromatic heterocycles. The Hall–Kier alpha value is -3.02. The highest BCUT2D eigenvalue weighted by Gasteiger charge is 2.09. The zero-order valence-electron chi connectivity index (χ0n) is 15.0. The number of nitrogens with one attached hydrogen (secondary N) is 1. The topological polar surface area (TPSA) is 84.9 Å². The summed E-state index contributed by atoms with van der Waals surface area (Å²) in [7, 11) is 1.58. The summed E-state index contributed by atoms with van der Waals surface area (Å²) in [4.78, 5) is 22.7. The van der Waals surface area contributed by atoms with Gasteiger partial charge >= 0.3 is 5.97 Å². The summed E-state index contributed by atoms with van der Waals surface area (Å²) < 4.78 is 10.8. The van der Waals surface area contributed by atoms with Gasteiger partial charge in [0.05, 0.1) is 20.1 Å². The Morgan fingerprint density at radius 3 is 2.50 bits per heavy atom. The molecule has 0 saturated carbocycles. The second-order valence-electron chi connectivity index (χ2n) is 5.91. The maximum absolute atomic E-state index is 12.3. The molecule has 0 radical (unpaired) electrons. The summed E-state index contributed by atoms with van der Waals surface area (Å²) in [6.07, 6.45) is 0.751. The van der Waals surface area contributed by atoms with Gasteiger partial charge in [-0.25, -0.2) is 0 Å². The number of carboxylic acid groups (broad SMARTS) is 1. The minimum atomic E-state index is -0.836. The number of rotatable bonds is 9. The molecular weight excluding hydrogens is 334 g/mol. The molecule has 0 atom stereocenters. The van der Waals surface area contributed by atoms with Gasteiger partial charge in [-0.15, -0.1) is 0 Å². The molecule has 2 aromatic rings. The Bertz CT molecular complexity index is 755. The van der Waals surface area contributed by atoms with Crippen LogP contribution in [0.2, 0.25) is 0 Å².